The zero-order chi connectivity index (χ0) is 10.4. The highest BCUT2D eigenvalue weighted by Crippen LogP contribution is 2.11. The van der Waals surface area contributed by atoms with Gasteiger partial charge in [-0.05, 0) is 32.2 Å². The predicted octanol–water partition coefficient (Wildman–Crippen LogP) is 0.912. The summed E-state index contributed by atoms with van der Waals surface area (Å²) in [5, 5.41) is 3.31. The number of esters is 1. The lowest BCUT2D eigenvalue weighted by Crippen LogP contribution is -2.33. The molecule has 1 fully saturated rings. The van der Waals surface area contributed by atoms with E-state index < -0.39 is 6.29 Å². The van der Waals surface area contributed by atoms with Crippen molar-refractivity contribution < 1.29 is 14.3 Å². The van der Waals surface area contributed by atoms with Crippen LogP contribution in [0.1, 0.15) is 26.7 Å². The van der Waals surface area contributed by atoms with Gasteiger partial charge in [0.2, 0.25) is 0 Å². The molecule has 4 heteroatoms. The first-order valence-corrected chi connectivity index (χ1v) is 5.18. The van der Waals surface area contributed by atoms with Gasteiger partial charge in [-0.2, -0.15) is 0 Å². The highest BCUT2D eigenvalue weighted by molar-refractivity contribution is 5.65. The van der Waals surface area contributed by atoms with E-state index in [1.807, 2.05) is 0 Å². The van der Waals surface area contributed by atoms with Gasteiger partial charge in [-0.1, -0.05) is 0 Å². The number of carbonyl (C=O) groups is 1. The summed E-state index contributed by atoms with van der Waals surface area (Å²) < 4.78 is 10.3. The van der Waals surface area contributed by atoms with E-state index in [0.29, 0.717) is 12.5 Å². The summed E-state index contributed by atoms with van der Waals surface area (Å²) in [6.07, 6.45) is 1.98. The molecule has 0 radical (unpaired) electrons. The molecule has 1 N–H and O–H groups in total. The fourth-order valence-electron chi connectivity index (χ4n) is 1.61. The van der Waals surface area contributed by atoms with Gasteiger partial charge in [-0.25, -0.2) is 0 Å². The lowest BCUT2D eigenvalue weighted by atomic mass is 10.0. The van der Waals surface area contributed by atoms with Gasteiger partial charge in [-0.3, -0.25) is 4.79 Å². The first-order chi connectivity index (χ1) is 6.68. The molecule has 0 aliphatic carbocycles. The molecule has 0 amide bonds. The Kier molecular flexibility index (Phi) is 4.90. The summed E-state index contributed by atoms with van der Waals surface area (Å²) in [6.45, 7) is 5.92. The Hall–Kier alpha value is -0.610. The average molecular weight is 201 g/mol. The summed E-state index contributed by atoms with van der Waals surface area (Å²) >= 11 is 0. The van der Waals surface area contributed by atoms with Crippen LogP contribution in [0.15, 0.2) is 0 Å². The zero-order valence-corrected chi connectivity index (χ0v) is 8.91. The van der Waals surface area contributed by atoms with Gasteiger partial charge in [0.05, 0.1) is 6.61 Å². The highest BCUT2D eigenvalue weighted by Gasteiger charge is 2.15. The number of hydrogen-bond donors (Lipinski definition) is 1. The molecular weight excluding hydrogens is 182 g/mol. The van der Waals surface area contributed by atoms with Gasteiger partial charge >= 0.3 is 5.97 Å². The second kappa shape index (κ2) is 5.98. The third-order valence-corrected chi connectivity index (χ3v) is 2.30. The van der Waals surface area contributed by atoms with Crippen molar-refractivity contribution in [3.63, 3.8) is 0 Å². The number of carbonyl (C=O) groups excluding carboxylic acids is 1. The second-order valence-electron chi connectivity index (χ2n) is 3.72. The molecule has 1 aliphatic rings. The van der Waals surface area contributed by atoms with Crippen LogP contribution in [0.5, 0.6) is 0 Å². The van der Waals surface area contributed by atoms with Crippen molar-refractivity contribution in [2.45, 2.75) is 33.0 Å². The van der Waals surface area contributed by atoms with E-state index in [9.17, 15) is 4.79 Å². The molecule has 0 aromatic rings. The topological polar surface area (TPSA) is 47.6 Å². The van der Waals surface area contributed by atoms with Crippen LogP contribution in [0.3, 0.4) is 0 Å². The Morgan fingerprint density at radius 2 is 2.43 bits per heavy atom. The molecule has 1 saturated heterocycles. The molecule has 14 heavy (non-hydrogen) atoms. The fourth-order valence-corrected chi connectivity index (χ4v) is 1.61. The van der Waals surface area contributed by atoms with Crippen LogP contribution >= 0.6 is 0 Å². The minimum absolute atomic E-state index is 0.292. The standard InChI is InChI=1S/C10H19NO3/c1-8(12)14-9(2)13-7-10-4-3-5-11-6-10/h9-11H,3-7H2,1-2H3. The Balaban J connectivity index is 2.09. The van der Waals surface area contributed by atoms with Crippen molar-refractivity contribution in [2.75, 3.05) is 19.7 Å². The molecule has 2 atom stereocenters. The molecule has 0 aromatic heterocycles. The average Bonchev–Trinajstić information content (AvgIpc) is 2.15. The van der Waals surface area contributed by atoms with Crippen molar-refractivity contribution >= 4 is 5.97 Å². The van der Waals surface area contributed by atoms with Gasteiger partial charge in [-0.15, -0.1) is 0 Å². The summed E-state index contributed by atoms with van der Waals surface area (Å²) in [5.41, 5.74) is 0. The Bertz CT molecular complexity index is 178. The van der Waals surface area contributed by atoms with E-state index in [4.69, 9.17) is 9.47 Å². The SMILES string of the molecule is CC(=O)OC(C)OCC1CCCNC1. The normalized spacial score (nSPS) is 24.3. The van der Waals surface area contributed by atoms with Gasteiger partial charge in [0.25, 0.3) is 0 Å². The van der Waals surface area contributed by atoms with Crippen molar-refractivity contribution in [3.8, 4) is 0 Å². The Morgan fingerprint density at radius 3 is 3.00 bits per heavy atom. The maximum atomic E-state index is 10.6. The van der Waals surface area contributed by atoms with Crippen LogP contribution in [0.4, 0.5) is 0 Å². The number of nitrogens with one attached hydrogen (secondary N) is 1. The van der Waals surface area contributed by atoms with E-state index in [2.05, 4.69) is 5.32 Å². The lowest BCUT2D eigenvalue weighted by Gasteiger charge is -2.24. The number of piperidine rings is 1. The molecule has 0 saturated carbocycles. The minimum atomic E-state index is -0.422. The van der Waals surface area contributed by atoms with Crippen LogP contribution in [0.2, 0.25) is 0 Å². The summed E-state index contributed by atoms with van der Waals surface area (Å²) in [7, 11) is 0. The van der Waals surface area contributed by atoms with Gasteiger partial charge in [0.15, 0.2) is 6.29 Å². The van der Waals surface area contributed by atoms with E-state index in [1.165, 1.54) is 19.8 Å². The smallest absolute Gasteiger partial charge is 0.304 e. The number of ether oxygens (including phenoxy) is 2. The number of rotatable bonds is 4. The first-order valence-electron chi connectivity index (χ1n) is 5.18. The molecule has 0 aromatic carbocycles. The second-order valence-corrected chi connectivity index (χ2v) is 3.72. The van der Waals surface area contributed by atoms with Gasteiger partial charge in [0.1, 0.15) is 0 Å². The number of hydrogen-bond acceptors (Lipinski definition) is 4. The van der Waals surface area contributed by atoms with E-state index in [-0.39, 0.29) is 5.97 Å². The fraction of sp³-hybridized carbons (Fsp3) is 0.900. The first kappa shape index (κ1) is 11.5. The van der Waals surface area contributed by atoms with Crippen molar-refractivity contribution in [1.29, 1.82) is 0 Å². The van der Waals surface area contributed by atoms with Crippen LogP contribution in [-0.4, -0.2) is 32.0 Å². The molecule has 82 valence electrons. The maximum Gasteiger partial charge on any atom is 0.304 e. The Morgan fingerprint density at radius 1 is 1.64 bits per heavy atom. The van der Waals surface area contributed by atoms with Crippen LogP contribution in [-0.2, 0) is 14.3 Å². The van der Waals surface area contributed by atoms with Crippen LogP contribution < -0.4 is 5.32 Å². The van der Waals surface area contributed by atoms with Gasteiger partial charge in [0, 0.05) is 13.5 Å². The molecule has 1 heterocycles. The zero-order valence-electron chi connectivity index (χ0n) is 8.91. The molecule has 1 aliphatic heterocycles. The monoisotopic (exact) mass is 201 g/mol. The summed E-state index contributed by atoms with van der Waals surface area (Å²) in [4.78, 5) is 10.6. The molecule has 1 rings (SSSR count). The molecule has 2 unspecified atom stereocenters. The van der Waals surface area contributed by atoms with Crippen LogP contribution in [0.25, 0.3) is 0 Å². The van der Waals surface area contributed by atoms with E-state index in [0.717, 1.165) is 13.1 Å². The summed E-state index contributed by atoms with van der Waals surface area (Å²) in [5.74, 6) is 0.265. The maximum absolute atomic E-state index is 10.6. The molecule has 0 bridgehead atoms. The van der Waals surface area contributed by atoms with E-state index >= 15 is 0 Å². The largest absolute Gasteiger partial charge is 0.436 e. The van der Waals surface area contributed by atoms with Crippen molar-refractivity contribution in [1.82, 2.24) is 5.32 Å². The lowest BCUT2D eigenvalue weighted by molar-refractivity contribution is -0.174. The third kappa shape index (κ3) is 4.58. The van der Waals surface area contributed by atoms with E-state index in [1.54, 1.807) is 6.92 Å². The quantitative estimate of drug-likeness (QED) is 0.542. The molecule has 4 nitrogen and oxygen atoms in total. The minimum Gasteiger partial charge on any atom is -0.436 e. The van der Waals surface area contributed by atoms with Crippen molar-refractivity contribution in [3.05, 3.63) is 0 Å². The predicted molar refractivity (Wildman–Crippen MR) is 52.8 cm³/mol. The summed E-state index contributed by atoms with van der Waals surface area (Å²) in [6, 6.07) is 0. The highest BCUT2D eigenvalue weighted by atomic mass is 16.7. The molecule has 0 spiro atoms. The molecular formula is C10H19NO3. The van der Waals surface area contributed by atoms with Crippen LogP contribution in [0, 0.1) is 5.92 Å². The Labute approximate surface area is 85.0 Å². The van der Waals surface area contributed by atoms with Crippen molar-refractivity contribution in [2.24, 2.45) is 5.92 Å². The van der Waals surface area contributed by atoms with Gasteiger partial charge < -0.3 is 14.8 Å². The third-order valence-electron chi connectivity index (χ3n) is 2.30.